The number of ether oxygens (including phenoxy) is 1. The lowest BCUT2D eigenvalue weighted by molar-refractivity contribution is 0.00578. The molecule has 0 spiro atoms. The van der Waals surface area contributed by atoms with Gasteiger partial charge in [0, 0.05) is 12.2 Å². The number of hydrogen-bond donors (Lipinski definition) is 0. The molecule has 2 aliphatic rings. The third-order valence-electron chi connectivity index (χ3n) is 4.68. The van der Waals surface area contributed by atoms with Crippen LogP contribution < -0.4 is 10.4 Å². The zero-order valence-electron chi connectivity index (χ0n) is 13.6. The standard InChI is InChI=1S/C16H22BNO4/c1-15(2)16(3,4)22-17(21-15)12-7-5-8-13(11-12)18-9-6-10-20-14(18)19/h5,7-8,11H,6,9-10H2,1-4H3. The molecule has 0 unspecified atom stereocenters. The molecule has 2 saturated heterocycles. The maximum Gasteiger partial charge on any atom is 0.494 e. The van der Waals surface area contributed by atoms with Gasteiger partial charge in [0.2, 0.25) is 0 Å². The largest absolute Gasteiger partial charge is 0.494 e. The minimum absolute atomic E-state index is 0.294. The summed E-state index contributed by atoms with van der Waals surface area (Å²) in [6, 6.07) is 7.72. The van der Waals surface area contributed by atoms with Crippen molar-refractivity contribution in [1.82, 2.24) is 0 Å². The fourth-order valence-corrected chi connectivity index (χ4v) is 2.60. The highest BCUT2D eigenvalue weighted by atomic mass is 16.7. The molecule has 5 nitrogen and oxygen atoms in total. The van der Waals surface area contributed by atoms with Gasteiger partial charge in [-0.25, -0.2) is 4.79 Å². The summed E-state index contributed by atoms with van der Waals surface area (Å²) < 4.78 is 17.2. The van der Waals surface area contributed by atoms with Crippen molar-refractivity contribution < 1.29 is 18.8 Å². The van der Waals surface area contributed by atoms with Crippen molar-refractivity contribution in [3.8, 4) is 0 Å². The Kier molecular flexibility index (Phi) is 3.69. The molecule has 0 aliphatic carbocycles. The van der Waals surface area contributed by atoms with E-state index >= 15 is 0 Å². The maximum atomic E-state index is 11.9. The number of benzene rings is 1. The summed E-state index contributed by atoms with van der Waals surface area (Å²) in [5.74, 6) is 0. The summed E-state index contributed by atoms with van der Waals surface area (Å²) in [5, 5.41) is 0. The van der Waals surface area contributed by atoms with E-state index in [0.717, 1.165) is 17.6 Å². The van der Waals surface area contributed by atoms with Crippen LogP contribution in [-0.4, -0.2) is 37.6 Å². The van der Waals surface area contributed by atoms with Gasteiger partial charge in [-0.05, 0) is 51.7 Å². The van der Waals surface area contributed by atoms with E-state index in [4.69, 9.17) is 14.0 Å². The molecule has 0 bridgehead atoms. The smallest absolute Gasteiger partial charge is 0.449 e. The molecule has 6 heteroatoms. The number of carbonyl (C=O) groups excluding carboxylic acids is 1. The fourth-order valence-electron chi connectivity index (χ4n) is 2.60. The van der Waals surface area contributed by atoms with Gasteiger partial charge >= 0.3 is 13.2 Å². The number of amides is 1. The maximum absolute atomic E-state index is 11.9. The molecular weight excluding hydrogens is 281 g/mol. The third kappa shape index (κ3) is 2.61. The normalized spacial score (nSPS) is 23.5. The fraction of sp³-hybridized carbons (Fsp3) is 0.562. The Labute approximate surface area is 131 Å². The molecule has 1 aromatic rings. The third-order valence-corrected chi connectivity index (χ3v) is 4.68. The SMILES string of the molecule is CC1(C)OB(c2cccc(N3CCCOC3=O)c2)OC1(C)C. The Hall–Kier alpha value is -1.53. The van der Waals surface area contributed by atoms with Crippen LogP contribution >= 0.6 is 0 Å². The highest BCUT2D eigenvalue weighted by molar-refractivity contribution is 6.62. The van der Waals surface area contributed by atoms with Gasteiger partial charge in [0.15, 0.2) is 0 Å². The average molecular weight is 303 g/mol. The lowest BCUT2D eigenvalue weighted by Gasteiger charge is -2.32. The van der Waals surface area contributed by atoms with Crippen molar-refractivity contribution in [2.24, 2.45) is 0 Å². The monoisotopic (exact) mass is 303 g/mol. The quantitative estimate of drug-likeness (QED) is 0.787. The molecule has 0 radical (unpaired) electrons. The molecule has 1 aromatic carbocycles. The summed E-state index contributed by atoms with van der Waals surface area (Å²) in [7, 11) is -0.425. The van der Waals surface area contributed by atoms with E-state index in [1.165, 1.54) is 0 Å². The van der Waals surface area contributed by atoms with Crippen molar-refractivity contribution in [2.75, 3.05) is 18.1 Å². The first kappa shape index (κ1) is 15.4. The molecule has 3 rings (SSSR count). The average Bonchev–Trinajstić information content (AvgIpc) is 2.68. The Morgan fingerprint density at radius 2 is 1.82 bits per heavy atom. The van der Waals surface area contributed by atoms with Crippen LogP contribution in [0.2, 0.25) is 0 Å². The van der Waals surface area contributed by atoms with Gasteiger partial charge < -0.3 is 14.0 Å². The van der Waals surface area contributed by atoms with Crippen LogP contribution in [-0.2, 0) is 14.0 Å². The molecule has 0 atom stereocenters. The van der Waals surface area contributed by atoms with Gasteiger partial charge in [0.25, 0.3) is 0 Å². The van der Waals surface area contributed by atoms with E-state index < -0.39 is 7.12 Å². The zero-order chi connectivity index (χ0) is 16.0. The van der Waals surface area contributed by atoms with Gasteiger partial charge in [-0.3, -0.25) is 4.90 Å². The molecular formula is C16H22BNO4. The van der Waals surface area contributed by atoms with Gasteiger partial charge in [0.05, 0.1) is 17.8 Å². The summed E-state index contributed by atoms with van der Waals surface area (Å²) in [5.41, 5.74) is 0.974. The van der Waals surface area contributed by atoms with Crippen molar-refractivity contribution >= 4 is 24.4 Å². The Morgan fingerprint density at radius 1 is 1.14 bits per heavy atom. The highest BCUT2D eigenvalue weighted by Gasteiger charge is 2.51. The van der Waals surface area contributed by atoms with Crippen molar-refractivity contribution in [3.05, 3.63) is 24.3 Å². The van der Waals surface area contributed by atoms with Crippen LogP contribution in [0.25, 0.3) is 0 Å². The topological polar surface area (TPSA) is 48.0 Å². The van der Waals surface area contributed by atoms with E-state index in [2.05, 4.69) is 0 Å². The van der Waals surface area contributed by atoms with Gasteiger partial charge in [0.1, 0.15) is 0 Å². The summed E-state index contributed by atoms with van der Waals surface area (Å²) in [6.45, 7) is 9.27. The summed E-state index contributed by atoms with van der Waals surface area (Å²) >= 11 is 0. The molecule has 1 amide bonds. The Bertz CT molecular complexity index is 571. The zero-order valence-corrected chi connectivity index (χ0v) is 13.6. The van der Waals surface area contributed by atoms with E-state index in [1.807, 2.05) is 52.0 Å². The number of cyclic esters (lactones) is 1. The van der Waals surface area contributed by atoms with Gasteiger partial charge in [-0.2, -0.15) is 0 Å². The Morgan fingerprint density at radius 3 is 2.45 bits per heavy atom. The molecule has 2 heterocycles. The molecule has 2 aliphatic heterocycles. The minimum Gasteiger partial charge on any atom is -0.449 e. The summed E-state index contributed by atoms with van der Waals surface area (Å²) in [4.78, 5) is 13.5. The first-order chi connectivity index (χ1) is 10.3. The second-order valence-corrected chi connectivity index (χ2v) is 6.80. The molecule has 118 valence electrons. The second-order valence-electron chi connectivity index (χ2n) is 6.80. The summed E-state index contributed by atoms with van der Waals surface area (Å²) in [6.07, 6.45) is 0.546. The predicted molar refractivity (Wildman–Crippen MR) is 85.5 cm³/mol. The highest BCUT2D eigenvalue weighted by Crippen LogP contribution is 2.36. The van der Waals surface area contributed by atoms with Crippen LogP contribution in [0.4, 0.5) is 10.5 Å². The van der Waals surface area contributed by atoms with Crippen molar-refractivity contribution in [2.45, 2.75) is 45.3 Å². The van der Waals surface area contributed by atoms with Crippen molar-refractivity contribution in [3.63, 3.8) is 0 Å². The van der Waals surface area contributed by atoms with Crippen LogP contribution in [0.5, 0.6) is 0 Å². The molecule has 0 saturated carbocycles. The molecule has 22 heavy (non-hydrogen) atoms. The van der Waals surface area contributed by atoms with Crippen LogP contribution in [0.3, 0.4) is 0 Å². The van der Waals surface area contributed by atoms with E-state index in [0.29, 0.717) is 13.2 Å². The number of anilines is 1. The molecule has 0 N–H and O–H groups in total. The van der Waals surface area contributed by atoms with Crippen LogP contribution in [0.15, 0.2) is 24.3 Å². The first-order valence-corrected chi connectivity index (χ1v) is 7.70. The lowest BCUT2D eigenvalue weighted by atomic mass is 9.79. The predicted octanol–water partition coefficient (Wildman–Crippen LogP) is 2.33. The van der Waals surface area contributed by atoms with Crippen molar-refractivity contribution in [1.29, 1.82) is 0 Å². The van der Waals surface area contributed by atoms with E-state index in [1.54, 1.807) is 4.90 Å². The molecule has 0 aromatic heterocycles. The number of hydrogen-bond acceptors (Lipinski definition) is 4. The van der Waals surface area contributed by atoms with Crippen LogP contribution in [0.1, 0.15) is 34.1 Å². The van der Waals surface area contributed by atoms with Gasteiger partial charge in [-0.1, -0.05) is 12.1 Å². The van der Waals surface area contributed by atoms with E-state index in [-0.39, 0.29) is 17.3 Å². The molecule has 2 fully saturated rings. The van der Waals surface area contributed by atoms with Crippen LogP contribution in [0, 0.1) is 0 Å². The number of carbonyl (C=O) groups is 1. The lowest BCUT2D eigenvalue weighted by Crippen LogP contribution is -2.41. The van der Waals surface area contributed by atoms with E-state index in [9.17, 15) is 4.79 Å². The Balaban J connectivity index is 1.85. The second kappa shape index (κ2) is 5.28. The van der Waals surface area contributed by atoms with Gasteiger partial charge in [-0.15, -0.1) is 0 Å². The number of nitrogens with zero attached hydrogens (tertiary/aromatic N) is 1. The minimum atomic E-state index is -0.425. The number of rotatable bonds is 2. The first-order valence-electron chi connectivity index (χ1n) is 7.70.